The molecule has 0 bridgehead atoms. The van der Waals surface area contributed by atoms with E-state index in [1.165, 1.54) is 18.2 Å². The molecule has 25 heavy (non-hydrogen) atoms. The number of benzene rings is 1. The number of ether oxygens (including phenoxy) is 1. The molecule has 1 amide bonds. The summed E-state index contributed by atoms with van der Waals surface area (Å²) in [5.74, 6) is -1.89. The molecule has 1 aromatic rings. The third-order valence-corrected chi connectivity index (χ3v) is 5.37. The van der Waals surface area contributed by atoms with Crippen LogP contribution in [-0.4, -0.2) is 43.0 Å². The monoisotopic (exact) mass is 411 g/mol. The summed E-state index contributed by atoms with van der Waals surface area (Å²) in [6.45, 7) is 4.89. The van der Waals surface area contributed by atoms with E-state index in [1.807, 2.05) is 0 Å². The Morgan fingerprint density at radius 1 is 1.24 bits per heavy atom. The van der Waals surface area contributed by atoms with Crippen LogP contribution in [0.5, 0.6) is 0 Å². The van der Waals surface area contributed by atoms with E-state index in [2.05, 4.69) is 5.32 Å². The van der Waals surface area contributed by atoms with Gasteiger partial charge in [-0.25, -0.2) is 13.2 Å². The Hall–Kier alpha value is -1.51. The first-order valence-corrected chi connectivity index (χ1v) is 9.60. The molecule has 10 heteroatoms. The summed E-state index contributed by atoms with van der Waals surface area (Å²) < 4.78 is 30.0. The predicted molar refractivity (Wildman–Crippen MR) is 93.9 cm³/mol. The highest BCUT2D eigenvalue weighted by Crippen LogP contribution is 2.25. The smallest absolute Gasteiger partial charge is 0.407 e. The largest absolute Gasteiger partial charge is 0.481 e. The lowest BCUT2D eigenvalue weighted by Gasteiger charge is -2.23. The third-order valence-electron chi connectivity index (χ3n) is 2.81. The number of carbonyl (C=O) groups is 2. The summed E-state index contributed by atoms with van der Waals surface area (Å²) in [5, 5.41) is 11.5. The van der Waals surface area contributed by atoms with Crippen molar-refractivity contribution in [3.05, 3.63) is 28.2 Å². The molecule has 0 saturated carbocycles. The van der Waals surface area contributed by atoms with Crippen molar-refractivity contribution in [2.45, 2.75) is 43.7 Å². The second-order valence-electron chi connectivity index (χ2n) is 6.30. The van der Waals surface area contributed by atoms with Crippen LogP contribution in [0.2, 0.25) is 10.0 Å². The van der Waals surface area contributed by atoms with Crippen LogP contribution < -0.4 is 5.32 Å². The van der Waals surface area contributed by atoms with Crippen molar-refractivity contribution in [2.24, 2.45) is 0 Å². The molecule has 0 spiro atoms. The Kier molecular flexibility index (Phi) is 7.10. The number of hydrogen-bond donors (Lipinski definition) is 2. The van der Waals surface area contributed by atoms with E-state index in [9.17, 15) is 18.0 Å². The van der Waals surface area contributed by atoms with E-state index < -0.39 is 45.7 Å². The molecule has 0 aromatic heterocycles. The summed E-state index contributed by atoms with van der Waals surface area (Å²) in [6.07, 6.45) is -1.48. The lowest BCUT2D eigenvalue weighted by Crippen LogP contribution is -2.43. The van der Waals surface area contributed by atoms with Crippen LogP contribution in [0.25, 0.3) is 0 Å². The highest BCUT2D eigenvalue weighted by molar-refractivity contribution is 7.91. The van der Waals surface area contributed by atoms with Gasteiger partial charge in [-0.3, -0.25) is 4.79 Å². The van der Waals surface area contributed by atoms with Gasteiger partial charge in [0.15, 0.2) is 9.84 Å². The van der Waals surface area contributed by atoms with Gasteiger partial charge in [0.1, 0.15) is 5.60 Å². The second kappa shape index (κ2) is 8.25. The fourth-order valence-corrected chi connectivity index (χ4v) is 3.73. The minimum absolute atomic E-state index is 0.0534. The van der Waals surface area contributed by atoms with E-state index in [0.717, 1.165) is 0 Å². The zero-order valence-corrected chi connectivity index (χ0v) is 16.2. The number of carboxylic acid groups (broad SMARTS) is 1. The highest BCUT2D eigenvalue weighted by atomic mass is 35.5. The molecule has 0 aliphatic heterocycles. The zero-order valence-electron chi connectivity index (χ0n) is 13.9. The van der Waals surface area contributed by atoms with Crippen LogP contribution in [-0.2, 0) is 19.4 Å². The van der Waals surface area contributed by atoms with E-state index in [-0.39, 0.29) is 14.9 Å². The molecule has 0 heterocycles. The molecular weight excluding hydrogens is 393 g/mol. The summed E-state index contributed by atoms with van der Waals surface area (Å²) in [7, 11) is -3.91. The standard InChI is InChI=1S/C15H19Cl2NO6S/c1-15(2,3)24-14(21)18-9(6-13(19)20)8-25(22,23)10-4-5-11(16)12(17)7-10/h4-5,7,9H,6,8H2,1-3H3,(H,18,21)(H,19,20)/t9-/m0/s1. The maximum atomic E-state index is 12.5. The number of alkyl carbamates (subject to hydrolysis) is 1. The lowest BCUT2D eigenvalue weighted by molar-refractivity contribution is -0.137. The topological polar surface area (TPSA) is 110 Å². The van der Waals surface area contributed by atoms with Gasteiger partial charge in [0.2, 0.25) is 0 Å². The molecule has 140 valence electrons. The zero-order chi connectivity index (χ0) is 19.4. The number of hydrogen-bond acceptors (Lipinski definition) is 5. The summed E-state index contributed by atoms with van der Waals surface area (Å²) in [6, 6.07) is 2.58. The maximum absolute atomic E-state index is 12.5. The van der Waals surface area contributed by atoms with Gasteiger partial charge in [0.25, 0.3) is 0 Å². The van der Waals surface area contributed by atoms with Crippen molar-refractivity contribution in [2.75, 3.05) is 5.75 Å². The highest BCUT2D eigenvalue weighted by Gasteiger charge is 2.27. The molecule has 1 atom stereocenters. The first-order valence-electron chi connectivity index (χ1n) is 7.19. The van der Waals surface area contributed by atoms with E-state index >= 15 is 0 Å². The first-order chi connectivity index (χ1) is 11.3. The molecule has 7 nitrogen and oxygen atoms in total. The van der Waals surface area contributed by atoms with Crippen LogP contribution >= 0.6 is 23.2 Å². The van der Waals surface area contributed by atoms with Crippen molar-refractivity contribution in [3.63, 3.8) is 0 Å². The normalized spacial score (nSPS) is 13.2. The minimum atomic E-state index is -3.91. The number of amides is 1. The molecule has 1 rings (SSSR count). The SMILES string of the molecule is CC(C)(C)OC(=O)N[C@@H](CC(=O)O)CS(=O)(=O)c1ccc(Cl)c(Cl)c1. The van der Waals surface area contributed by atoms with E-state index in [1.54, 1.807) is 20.8 Å². The molecule has 0 aliphatic carbocycles. The van der Waals surface area contributed by atoms with Crippen molar-refractivity contribution in [1.29, 1.82) is 0 Å². The van der Waals surface area contributed by atoms with Gasteiger partial charge < -0.3 is 15.2 Å². The Balaban J connectivity index is 2.98. The van der Waals surface area contributed by atoms with Crippen LogP contribution in [0.4, 0.5) is 4.79 Å². The van der Waals surface area contributed by atoms with Gasteiger partial charge in [0, 0.05) is 0 Å². The predicted octanol–water partition coefficient (Wildman–Crippen LogP) is 3.14. The molecule has 0 aliphatic rings. The molecule has 1 aromatic carbocycles. The number of rotatable bonds is 6. The Morgan fingerprint density at radius 2 is 1.84 bits per heavy atom. The van der Waals surface area contributed by atoms with Crippen molar-refractivity contribution < 1.29 is 27.9 Å². The fourth-order valence-electron chi connectivity index (χ4n) is 1.87. The Morgan fingerprint density at radius 3 is 2.32 bits per heavy atom. The quantitative estimate of drug-likeness (QED) is 0.743. The first kappa shape index (κ1) is 21.5. The minimum Gasteiger partial charge on any atom is -0.481 e. The van der Waals surface area contributed by atoms with Crippen LogP contribution in [0.1, 0.15) is 27.2 Å². The van der Waals surface area contributed by atoms with Crippen LogP contribution in [0.3, 0.4) is 0 Å². The molecule has 0 saturated heterocycles. The lowest BCUT2D eigenvalue weighted by atomic mass is 10.2. The second-order valence-corrected chi connectivity index (χ2v) is 9.15. The van der Waals surface area contributed by atoms with Crippen LogP contribution in [0, 0.1) is 0 Å². The van der Waals surface area contributed by atoms with Crippen LogP contribution in [0.15, 0.2) is 23.1 Å². The number of sulfone groups is 1. The van der Waals surface area contributed by atoms with Gasteiger partial charge in [-0.2, -0.15) is 0 Å². The van der Waals surface area contributed by atoms with E-state index in [0.29, 0.717) is 0 Å². The fraction of sp³-hybridized carbons (Fsp3) is 0.467. The molecule has 0 fully saturated rings. The molecular formula is C15H19Cl2NO6S. The molecule has 2 N–H and O–H groups in total. The van der Waals surface area contributed by atoms with Crippen molar-refractivity contribution >= 4 is 45.1 Å². The number of halogens is 2. The van der Waals surface area contributed by atoms with E-state index in [4.69, 9.17) is 33.0 Å². The number of carboxylic acids is 1. The average Bonchev–Trinajstić information content (AvgIpc) is 2.37. The number of nitrogens with one attached hydrogen (secondary N) is 1. The van der Waals surface area contributed by atoms with Crippen molar-refractivity contribution in [1.82, 2.24) is 5.32 Å². The maximum Gasteiger partial charge on any atom is 0.407 e. The summed E-state index contributed by atoms with van der Waals surface area (Å²) in [5.41, 5.74) is -0.805. The van der Waals surface area contributed by atoms with Gasteiger partial charge in [-0.15, -0.1) is 0 Å². The van der Waals surface area contributed by atoms with Gasteiger partial charge in [0.05, 0.1) is 33.2 Å². The molecule has 0 unspecified atom stereocenters. The molecule has 0 radical (unpaired) electrons. The van der Waals surface area contributed by atoms with Gasteiger partial charge in [-0.1, -0.05) is 23.2 Å². The Labute approximate surface area is 156 Å². The van der Waals surface area contributed by atoms with Gasteiger partial charge >= 0.3 is 12.1 Å². The Bertz CT molecular complexity index is 758. The number of aliphatic carboxylic acids is 1. The summed E-state index contributed by atoms with van der Waals surface area (Å²) in [4.78, 5) is 22.7. The third kappa shape index (κ3) is 7.50. The van der Waals surface area contributed by atoms with Gasteiger partial charge in [-0.05, 0) is 39.0 Å². The number of carbonyl (C=O) groups excluding carboxylic acids is 1. The summed E-state index contributed by atoms with van der Waals surface area (Å²) >= 11 is 11.6. The van der Waals surface area contributed by atoms with Crippen molar-refractivity contribution in [3.8, 4) is 0 Å². The average molecular weight is 412 g/mol.